The van der Waals surface area contributed by atoms with Crippen molar-refractivity contribution in [2.75, 3.05) is 0 Å². The zero-order valence-corrected chi connectivity index (χ0v) is 8.92. The van der Waals surface area contributed by atoms with Gasteiger partial charge < -0.3 is 10.3 Å². The van der Waals surface area contributed by atoms with Gasteiger partial charge in [-0.1, -0.05) is 6.92 Å². The summed E-state index contributed by atoms with van der Waals surface area (Å²) in [5.41, 5.74) is 3.84. The van der Waals surface area contributed by atoms with E-state index in [1.54, 1.807) is 0 Å². The van der Waals surface area contributed by atoms with Crippen LogP contribution in [0.3, 0.4) is 0 Å². The summed E-state index contributed by atoms with van der Waals surface area (Å²) < 4.78 is 0. The molecule has 2 heterocycles. The lowest BCUT2D eigenvalue weighted by molar-refractivity contribution is -0.116. The van der Waals surface area contributed by atoms with E-state index in [0.29, 0.717) is 0 Å². The van der Waals surface area contributed by atoms with Crippen molar-refractivity contribution < 1.29 is 4.79 Å². The molecule has 1 aromatic rings. The standard InChI is InChI=1S/C12H14N2O/c1-3-10-8(2)11(14-12(10)15)7-9-5-4-6-13-9/h4-7,13H,3H2,1-2H3,(H,14,15)/b11-7-. The van der Waals surface area contributed by atoms with E-state index in [0.717, 1.165) is 29.0 Å². The third-order valence-electron chi connectivity index (χ3n) is 2.65. The lowest BCUT2D eigenvalue weighted by Gasteiger charge is -1.98. The molecule has 0 saturated heterocycles. The first kappa shape index (κ1) is 9.77. The molecule has 0 bridgehead atoms. The molecule has 0 aromatic carbocycles. The Kier molecular flexibility index (Phi) is 2.46. The van der Waals surface area contributed by atoms with E-state index in [1.807, 2.05) is 38.3 Å². The third kappa shape index (κ3) is 1.73. The Morgan fingerprint density at radius 2 is 2.27 bits per heavy atom. The molecular formula is C12H14N2O. The molecule has 0 unspecified atom stereocenters. The summed E-state index contributed by atoms with van der Waals surface area (Å²) in [6.07, 6.45) is 4.60. The van der Waals surface area contributed by atoms with E-state index in [1.165, 1.54) is 0 Å². The average Bonchev–Trinajstić information content (AvgIpc) is 2.78. The van der Waals surface area contributed by atoms with Crippen molar-refractivity contribution >= 4 is 12.0 Å². The van der Waals surface area contributed by atoms with Gasteiger partial charge in [0.1, 0.15) is 0 Å². The first-order chi connectivity index (χ1) is 7.22. The Morgan fingerprint density at radius 1 is 1.47 bits per heavy atom. The molecule has 1 aliphatic heterocycles. The molecule has 3 nitrogen and oxygen atoms in total. The van der Waals surface area contributed by atoms with Crippen LogP contribution in [0.25, 0.3) is 6.08 Å². The smallest absolute Gasteiger partial charge is 0.251 e. The summed E-state index contributed by atoms with van der Waals surface area (Å²) in [5, 5.41) is 2.87. The van der Waals surface area contributed by atoms with Crippen LogP contribution in [-0.4, -0.2) is 10.9 Å². The molecule has 2 N–H and O–H groups in total. The summed E-state index contributed by atoms with van der Waals surface area (Å²) >= 11 is 0. The van der Waals surface area contributed by atoms with Crippen molar-refractivity contribution in [3.05, 3.63) is 40.9 Å². The average molecular weight is 202 g/mol. The highest BCUT2D eigenvalue weighted by atomic mass is 16.1. The van der Waals surface area contributed by atoms with Crippen molar-refractivity contribution in [1.29, 1.82) is 0 Å². The van der Waals surface area contributed by atoms with E-state index in [4.69, 9.17) is 0 Å². The number of rotatable bonds is 2. The lowest BCUT2D eigenvalue weighted by Crippen LogP contribution is -2.16. The van der Waals surface area contributed by atoms with E-state index >= 15 is 0 Å². The van der Waals surface area contributed by atoms with Crippen LogP contribution in [0, 0.1) is 0 Å². The number of hydrogen-bond donors (Lipinski definition) is 2. The van der Waals surface area contributed by atoms with Crippen molar-refractivity contribution in [1.82, 2.24) is 10.3 Å². The number of hydrogen-bond acceptors (Lipinski definition) is 1. The molecule has 15 heavy (non-hydrogen) atoms. The normalized spacial score (nSPS) is 18.8. The largest absolute Gasteiger partial charge is 0.362 e. The number of amides is 1. The summed E-state index contributed by atoms with van der Waals surface area (Å²) in [5.74, 6) is 0.0350. The lowest BCUT2D eigenvalue weighted by atomic mass is 10.1. The van der Waals surface area contributed by atoms with E-state index in [2.05, 4.69) is 10.3 Å². The monoisotopic (exact) mass is 202 g/mol. The van der Waals surface area contributed by atoms with Gasteiger partial charge in [-0.05, 0) is 37.1 Å². The fourth-order valence-electron chi connectivity index (χ4n) is 1.78. The number of allylic oxidation sites excluding steroid dienone is 1. The number of carbonyl (C=O) groups is 1. The summed E-state index contributed by atoms with van der Waals surface area (Å²) in [4.78, 5) is 14.6. The quantitative estimate of drug-likeness (QED) is 0.758. The molecular weight excluding hydrogens is 188 g/mol. The third-order valence-corrected chi connectivity index (χ3v) is 2.65. The summed E-state index contributed by atoms with van der Waals surface area (Å²) in [7, 11) is 0. The molecule has 78 valence electrons. The van der Waals surface area contributed by atoms with Gasteiger partial charge in [-0.25, -0.2) is 0 Å². The molecule has 0 spiro atoms. The fourth-order valence-corrected chi connectivity index (χ4v) is 1.78. The Balaban J connectivity index is 2.35. The zero-order valence-electron chi connectivity index (χ0n) is 8.92. The number of H-pyrrole nitrogens is 1. The number of aromatic nitrogens is 1. The first-order valence-electron chi connectivity index (χ1n) is 5.09. The maximum atomic E-state index is 11.5. The Morgan fingerprint density at radius 3 is 2.80 bits per heavy atom. The van der Waals surface area contributed by atoms with Crippen molar-refractivity contribution in [3.8, 4) is 0 Å². The minimum absolute atomic E-state index is 0.0350. The second-order valence-corrected chi connectivity index (χ2v) is 3.59. The van der Waals surface area contributed by atoms with Gasteiger partial charge in [0, 0.05) is 23.2 Å². The molecule has 0 aliphatic carbocycles. The second-order valence-electron chi connectivity index (χ2n) is 3.59. The van der Waals surface area contributed by atoms with Gasteiger partial charge in [0.2, 0.25) is 0 Å². The molecule has 0 saturated carbocycles. The predicted octanol–water partition coefficient (Wildman–Crippen LogP) is 2.21. The van der Waals surface area contributed by atoms with Crippen LogP contribution >= 0.6 is 0 Å². The predicted molar refractivity (Wildman–Crippen MR) is 59.9 cm³/mol. The van der Waals surface area contributed by atoms with Crippen LogP contribution in [0.15, 0.2) is 35.2 Å². The highest BCUT2D eigenvalue weighted by Gasteiger charge is 2.22. The first-order valence-corrected chi connectivity index (χ1v) is 5.09. The van der Waals surface area contributed by atoms with Crippen LogP contribution in [0.1, 0.15) is 26.0 Å². The molecule has 3 heteroatoms. The fraction of sp³-hybridized carbons (Fsp3) is 0.250. The summed E-state index contributed by atoms with van der Waals surface area (Å²) in [6, 6.07) is 3.90. The minimum Gasteiger partial charge on any atom is -0.362 e. The van der Waals surface area contributed by atoms with Gasteiger partial charge in [0.25, 0.3) is 5.91 Å². The molecule has 1 amide bonds. The van der Waals surface area contributed by atoms with Crippen LogP contribution in [0.4, 0.5) is 0 Å². The van der Waals surface area contributed by atoms with Crippen molar-refractivity contribution in [3.63, 3.8) is 0 Å². The van der Waals surface area contributed by atoms with Gasteiger partial charge in [0.05, 0.1) is 0 Å². The van der Waals surface area contributed by atoms with E-state index in [9.17, 15) is 4.79 Å². The molecule has 1 aliphatic rings. The SMILES string of the molecule is CCC1=C(C)/C(=C/c2ccc[nH]2)NC1=O. The highest BCUT2D eigenvalue weighted by molar-refractivity contribution is 6.01. The Hall–Kier alpha value is -1.77. The Bertz CT molecular complexity index is 438. The van der Waals surface area contributed by atoms with Gasteiger partial charge >= 0.3 is 0 Å². The molecule has 0 fully saturated rings. The summed E-state index contributed by atoms with van der Waals surface area (Å²) in [6.45, 7) is 3.97. The van der Waals surface area contributed by atoms with Crippen LogP contribution < -0.4 is 5.32 Å². The minimum atomic E-state index is 0.0350. The molecule has 0 atom stereocenters. The molecule has 1 aromatic heterocycles. The van der Waals surface area contributed by atoms with Crippen LogP contribution in [0.5, 0.6) is 0 Å². The van der Waals surface area contributed by atoms with Crippen molar-refractivity contribution in [2.45, 2.75) is 20.3 Å². The van der Waals surface area contributed by atoms with Gasteiger partial charge in [-0.15, -0.1) is 0 Å². The van der Waals surface area contributed by atoms with Crippen LogP contribution in [0.2, 0.25) is 0 Å². The van der Waals surface area contributed by atoms with Gasteiger partial charge in [0.15, 0.2) is 0 Å². The second kappa shape index (κ2) is 3.77. The number of aromatic amines is 1. The topological polar surface area (TPSA) is 44.9 Å². The number of carbonyl (C=O) groups excluding carboxylic acids is 1. The maximum Gasteiger partial charge on any atom is 0.251 e. The molecule has 0 radical (unpaired) electrons. The van der Waals surface area contributed by atoms with Gasteiger partial charge in [-0.3, -0.25) is 4.79 Å². The Labute approximate surface area is 88.9 Å². The number of nitrogens with one attached hydrogen (secondary N) is 2. The van der Waals surface area contributed by atoms with Crippen LogP contribution in [-0.2, 0) is 4.79 Å². The van der Waals surface area contributed by atoms with E-state index in [-0.39, 0.29) is 5.91 Å². The van der Waals surface area contributed by atoms with Crippen molar-refractivity contribution in [2.24, 2.45) is 0 Å². The maximum absolute atomic E-state index is 11.5. The zero-order chi connectivity index (χ0) is 10.8. The highest BCUT2D eigenvalue weighted by Crippen LogP contribution is 2.23. The van der Waals surface area contributed by atoms with Gasteiger partial charge in [-0.2, -0.15) is 0 Å². The van der Waals surface area contributed by atoms with E-state index < -0.39 is 0 Å². The molecule has 2 rings (SSSR count).